The second kappa shape index (κ2) is 8.07. The molecule has 6 aromatic rings. The third kappa shape index (κ3) is 3.75. The van der Waals surface area contributed by atoms with Gasteiger partial charge in [-0.1, -0.05) is 20.8 Å². The molecule has 0 spiro atoms. The van der Waals surface area contributed by atoms with Gasteiger partial charge in [-0.3, -0.25) is 0 Å². The van der Waals surface area contributed by atoms with Crippen LogP contribution in [0.4, 0.5) is 0 Å². The van der Waals surface area contributed by atoms with Crippen LogP contribution in [0.1, 0.15) is 26.5 Å². The van der Waals surface area contributed by atoms with Gasteiger partial charge in [0.05, 0.1) is 0 Å². The van der Waals surface area contributed by atoms with Crippen LogP contribution in [0.5, 0.6) is 0 Å². The molecule has 0 unspecified atom stereocenters. The quantitative estimate of drug-likeness (QED) is 0.218. The molecule has 0 N–H and O–H groups in total. The first kappa shape index (κ1) is 23.0. The molecule has 0 aliphatic heterocycles. The van der Waals surface area contributed by atoms with Crippen LogP contribution in [-0.2, 0) is 5.41 Å². The second-order valence-electron chi connectivity index (χ2n) is 11.7. The Kier molecular flexibility index (Phi) is 5.17. The fraction of sp³-hybridized carbons (Fsp3) is 0.226. The third-order valence-electron chi connectivity index (χ3n) is 6.93. The van der Waals surface area contributed by atoms with Gasteiger partial charge < -0.3 is 0 Å². The van der Waals surface area contributed by atoms with Gasteiger partial charge >= 0.3 is 194 Å². The Morgan fingerprint density at radius 2 is 1.61 bits per heavy atom. The number of aromatic nitrogens is 3. The average molecular weight is 534 g/mol. The summed E-state index contributed by atoms with van der Waals surface area (Å²) in [6.07, 6.45) is 1.96. The first-order chi connectivity index (χ1) is 17.1. The maximum atomic E-state index is 6.60. The van der Waals surface area contributed by atoms with Gasteiger partial charge in [0.15, 0.2) is 0 Å². The van der Waals surface area contributed by atoms with E-state index in [-0.39, 0.29) is 5.41 Å². The Balaban J connectivity index is 1.66. The van der Waals surface area contributed by atoms with Crippen LogP contribution in [0.25, 0.3) is 50.0 Å². The molecule has 0 amide bonds. The van der Waals surface area contributed by atoms with E-state index in [1.165, 1.54) is 4.40 Å². The van der Waals surface area contributed by atoms with Crippen molar-refractivity contribution in [1.82, 2.24) is 14.5 Å². The predicted molar refractivity (Wildman–Crippen MR) is 153 cm³/mol. The standard InChI is InChI=1S/C31H31GeN3O/c1-31(2,3)28-18-25-26(19-33-28)35(21-11-8-7-9-12-21)30(34-25)24-14-10-13-23-22-16-15-20(32(4,5)6)17-27(22)36-29(23)24/h7-19H,1-6H3. The molecule has 3 aromatic carbocycles. The first-order valence-corrected chi connectivity index (χ1v) is 19.9. The van der Waals surface area contributed by atoms with Crippen LogP contribution in [0, 0.1) is 0 Å². The predicted octanol–water partition coefficient (Wildman–Crippen LogP) is 7.83. The van der Waals surface area contributed by atoms with Gasteiger partial charge in [-0.2, -0.15) is 0 Å². The van der Waals surface area contributed by atoms with Crippen molar-refractivity contribution in [2.24, 2.45) is 0 Å². The summed E-state index contributed by atoms with van der Waals surface area (Å²) in [6, 6.07) is 25.7. The fourth-order valence-corrected chi connectivity index (χ4v) is 7.26. The Hall–Kier alpha value is -3.38. The molecule has 3 aromatic heterocycles. The van der Waals surface area contributed by atoms with Crippen molar-refractivity contribution in [3.8, 4) is 17.1 Å². The van der Waals surface area contributed by atoms with Crippen molar-refractivity contribution < 1.29 is 4.42 Å². The van der Waals surface area contributed by atoms with Crippen LogP contribution >= 0.6 is 0 Å². The monoisotopic (exact) mass is 535 g/mol. The molecular formula is C31H31GeN3O. The van der Waals surface area contributed by atoms with Crippen molar-refractivity contribution in [3.05, 3.63) is 84.7 Å². The van der Waals surface area contributed by atoms with Crippen LogP contribution < -0.4 is 4.40 Å². The summed E-state index contributed by atoms with van der Waals surface area (Å²) in [4.78, 5) is 10.0. The van der Waals surface area contributed by atoms with E-state index in [0.29, 0.717) is 0 Å². The molecule has 4 nitrogen and oxygen atoms in total. The Morgan fingerprint density at radius 1 is 0.833 bits per heavy atom. The van der Waals surface area contributed by atoms with Gasteiger partial charge in [0, 0.05) is 0 Å². The molecule has 0 bridgehead atoms. The molecule has 0 saturated heterocycles. The van der Waals surface area contributed by atoms with Crippen molar-refractivity contribution in [2.45, 2.75) is 43.5 Å². The SMILES string of the molecule is CC(C)(C)c1cc2nc(-c3cccc4c3oc3c[c]([Ge]([CH3])([CH3])[CH3])ccc34)n(-c3ccccc3)c2cn1. The summed E-state index contributed by atoms with van der Waals surface area (Å²) < 4.78 is 10.2. The second-order valence-corrected chi connectivity index (χ2v) is 22.3. The third-order valence-corrected chi connectivity index (χ3v) is 11.2. The van der Waals surface area contributed by atoms with E-state index < -0.39 is 13.3 Å². The average Bonchev–Trinajstić information content (AvgIpc) is 3.41. The molecule has 0 atom stereocenters. The minimum absolute atomic E-state index is 0.0567. The molecule has 6 rings (SSSR count). The summed E-state index contributed by atoms with van der Waals surface area (Å²) in [5.74, 6) is 8.11. The summed E-state index contributed by atoms with van der Waals surface area (Å²) in [5, 5.41) is 2.27. The number of rotatable bonds is 3. The van der Waals surface area contributed by atoms with Crippen molar-refractivity contribution >= 4 is 50.6 Å². The van der Waals surface area contributed by atoms with Gasteiger partial charge in [-0.05, 0) is 0 Å². The van der Waals surface area contributed by atoms with E-state index in [2.05, 4.69) is 109 Å². The fourth-order valence-electron chi connectivity index (χ4n) is 4.85. The summed E-state index contributed by atoms with van der Waals surface area (Å²) in [6.45, 7) is 6.54. The van der Waals surface area contributed by atoms with Gasteiger partial charge in [-0.25, -0.2) is 0 Å². The summed E-state index contributed by atoms with van der Waals surface area (Å²) >= 11 is -1.98. The van der Waals surface area contributed by atoms with E-state index in [9.17, 15) is 0 Å². The Labute approximate surface area is 214 Å². The zero-order valence-corrected chi connectivity index (χ0v) is 23.9. The van der Waals surface area contributed by atoms with Crippen LogP contribution in [-0.4, -0.2) is 27.8 Å². The number of hydrogen-bond acceptors (Lipinski definition) is 3. The molecule has 0 fully saturated rings. The van der Waals surface area contributed by atoms with Gasteiger partial charge in [0.2, 0.25) is 0 Å². The van der Waals surface area contributed by atoms with Crippen LogP contribution in [0.15, 0.2) is 83.4 Å². The normalized spacial score (nSPS) is 12.7. The number of fused-ring (bicyclic) bond motifs is 4. The number of furan rings is 1. The van der Waals surface area contributed by atoms with E-state index in [1.807, 2.05) is 12.3 Å². The summed E-state index contributed by atoms with van der Waals surface area (Å²) in [7, 11) is 0. The van der Waals surface area contributed by atoms with Crippen LogP contribution in [0.3, 0.4) is 0 Å². The minimum atomic E-state index is -1.98. The number of nitrogens with zero attached hydrogens (tertiary/aromatic N) is 3. The first-order valence-electron chi connectivity index (χ1n) is 12.5. The zero-order valence-electron chi connectivity index (χ0n) is 21.8. The van der Waals surface area contributed by atoms with Crippen LogP contribution in [0.2, 0.25) is 17.3 Å². The molecule has 180 valence electrons. The topological polar surface area (TPSA) is 43.9 Å². The maximum absolute atomic E-state index is 6.60. The number of pyridine rings is 1. The van der Waals surface area contributed by atoms with Crippen molar-refractivity contribution in [3.63, 3.8) is 0 Å². The van der Waals surface area contributed by atoms with E-state index in [4.69, 9.17) is 14.4 Å². The van der Waals surface area contributed by atoms with Gasteiger partial charge in [0.1, 0.15) is 0 Å². The molecule has 0 aliphatic rings. The molecule has 0 radical (unpaired) electrons. The van der Waals surface area contributed by atoms with Crippen molar-refractivity contribution in [1.29, 1.82) is 0 Å². The Bertz CT molecular complexity index is 1750. The Morgan fingerprint density at radius 3 is 2.33 bits per heavy atom. The molecule has 0 saturated carbocycles. The summed E-state index contributed by atoms with van der Waals surface area (Å²) in [5.41, 5.74) is 6.76. The van der Waals surface area contributed by atoms with E-state index in [0.717, 1.165) is 55.7 Å². The number of imidazole rings is 1. The molecule has 0 aliphatic carbocycles. The zero-order chi connectivity index (χ0) is 25.2. The van der Waals surface area contributed by atoms with Gasteiger partial charge in [0.25, 0.3) is 0 Å². The number of hydrogen-bond donors (Lipinski definition) is 0. The van der Waals surface area contributed by atoms with Gasteiger partial charge in [-0.15, -0.1) is 0 Å². The number of benzene rings is 3. The molecular weight excluding hydrogens is 503 g/mol. The van der Waals surface area contributed by atoms with E-state index in [1.54, 1.807) is 0 Å². The molecule has 5 heteroatoms. The molecule has 3 heterocycles. The number of para-hydroxylation sites is 2. The van der Waals surface area contributed by atoms with Crippen molar-refractivity contribution in [2.75, 3.05) is 0 Å². The van der Waals surface area contributed by atoms with E-state index >= 15 is 0 Å². The molecule has 36 heavy (non-hydrogen) atoms.